The van der Waals surface area contributed by atoms with Crippen LogP contribution in [0.15, 0.2) is 12.2 Å². The van der Waals surface area contributed by atoms with E-state index in [0.717, 1.165) is 23.0 Å². The van der Waals surface area contributed by atoms with E-state index in [1.165, 1.54) is 5.57 Å². The van der Waals surface area contributed by atoms with Crippen molar-refractivity contribution in [2.45, 2.75) is 0 Å². The Labute approximate surface area is 82.4 Å². The molecule has 0 fully saturated rings. The highest BCUT2D eigenvalue weighted by atomic mass is 32.2. The minimum absolute atomic E-state index is 0.238. The number of hydrogen-bond donors (Lipinski definition) is 2. The van der Waals surface area contributed by atoms with Crippen LogP contribution in [-0.2, 0) is 0 Å². The second-order valence-corrected chi connectivity index (χ2v) is 4.51. The predicted molar refractivity (Wildman–Crippen MR) is 58.0 cm³/mol. The third kappa shape index (κ3) is 8.46. The van der Waals surface area contributed by atoms with Crippen LogP contribution in [-0.4, -0.2) is 46.4 Å². The normalized spacial score (nSPS) is 10.2. The number of aliphatic hydroxyl groups is 2. The highest BCUT2D eigenvalue weighted by molar-refractivity contribution is 8.00. The smallest absolute Gasteiger partial charge is 0.0521 e. The lowest BCUT2D eigenvalue weighted by Gasteiger charge is -2.03. The van der Waals surface area contributed by atoms with Gasteiger partial charge in [0.25, 0.3) is 0 Å². The molecule has 72 valence electrons. The van der Waals surface area contributed by atoms with Crippen LogP contribution in [0.3, 0.4) is 0 Å². The van der Waals surface area contributed by atoms with E-state index in [2.05, 4.69) is 6.58 Å². The molecule has 2 nitrogen and oxygen atoms in total. The molecule has 0 saturated carbocycles. The van der Waals surface area contributed by atoms with Crippen molar-refractivity contribution in [3.8, 4) is 0 Å². The van der Waals surface area contributed by atoms with Crippen LogP contribution in [0.5, 0.6) is 0 Å². The third-order valence-electron chi connectivity index (χ3n) is 1.08. The van der Waals surface area contributed by atoms with Crippen LogP contribution >= 0.6 is 23.5 Å². The summed E-state index contributed by atoms with van der Waals surface area (Å²) in [6, 6.07) is 0. The number of hydrogen-bond acceptors (Lipinski definition) is 4. The molecule has 0 bridgehead atoms. The molecule has 0 spiro atoms. The van der Waals surface area contributed by atoms with Crippen molar-refractivity contribution in [1.29, 1.82) is 0 Å². The predicted octanol–water partition coefficient (Wildman–Crippen LogP) is 0.994. The minimum atomic E-state index is 0.238. The van der Waals surface area contributed by atoms with E-state index < -0.39 is 0 Å². The summed E-state index contributed by atoms with van der Waals surface area (Å²) in [5.74, 6) is 3.39. The largest absolute Gasteiger partial charge is 0.396 e. The van der Waals surface area contributed by atoms with Crippen LogP contribution < -0.4 is 0 Å². The van der Waals surface area contributed by atoms with Crippen LogP contribution in [0.25, 0.3) is 0 Å². The molecule has 0 aromatic rings. The fraction of sp³-hybridized carbons (Fsp3) is 0.750. The van der Waals surface area contributed by atoms with E-state index in [1.54, 1.807) is 23.5 Å². The Morgan fingerprint density at radius 3 is 1.75 bits per heavy atom. The molecule has 0 rings (SSSR count). The monoisotopic (exact) mass is 208 g/mol. The zero-order chi connectivity index (χ0) is 9.23. The molecule has 0 aliphatic rings. The van der Waals surface area contributed by atoms with E-state index in [1.807, 2.05) is 0 Å². The molecule has 0 radical (unpaired) electrons. The number of rotatable bonds is 8. The van der Waals surface area contributed by atoms with Gasteiger partial charge in [-0.05, 0) is 0 Å². The van der Waals surface area contributed by atoms with Gasteiger partial charge in [0, 0.05) is 23.0 Å². The highest BCUT2D eigenvalue weighted by Crippen LogP contribution is 2.11. The Hall–Kier alpha value is 0.360. The van der Waals surface area contributed by atoms with Gasteiger partial charge in [0.2, 0.25) is 0 Å². The number of aliphatic hydroxyl groups excluding tert-OH is 2. The van der Waals surface area contributed by atoms with Gasteiger partial charge in [-0.3, -0.25) is 0 Å². The molecule has 0 saturated heterocycles. The van der Waals surface area contributed by atoms with Crippen LogP contribution in [0, 0.1) is 0 Å². The van der Waals surface area contributed by atoms with Gasteiger partial charge in [-0.1, -0.05) is 12.2 Å². The van der Waals surface area contributed by atoms with Gasteiger partial charge in [-0.2, -0.15) is 23.5 Å². The van der Waals surface area contributed by atoms with E-state index in [0.29, 0.717) is 0 Å². The topological polar surface area (TPSA) is 40.5 Å². The molecule has 0 aromatic heterocycles. The van der Waals surface area contributed by atoms with Gasteiger partial charge < -0.3 is 10.2 Å². The summed E-state index contributed by atoms with van der Waals surface area (Å²) in [5.41, 5.74) is 1.17. The molecule has 0 amide bonds. The summed E-state index contributed by atoms with van der Waals surface area (Å²) in [5, 5.41) is 17.0. The molecule has 0 heterocycles. The van der Waals surface area contributed by atoms with Crippen molar-refractivity contribution in [3.05, 3.63) is 12.2 Å². The van der Waals surface area contributed by atoms with E-state index in [9.17, 15) is 0 Å². The lowest BCUT2D eigenvalue weighted by Crippen LogP contribution is -1.95. The highest BCUT2D eigenvalue weighted by Gasteiger charge is 1.94. The maximum atomic E-state index is 8.50. The van der Waals surface area contributed by atoms with Gasteiger partial charge in [0.05, 0.1) is 13.2 Å². The molecule has 4 heteroatoms. The first-order valence-electron chi connectivity index (χ1n) is 3.85. The summed E-state index contributed by atoms with van der Waals surface area (Å²) >= 11 is 3.39. The van der Waals surface area contributed by atoms with Gasteiger partial charge >= 0.3 is 0 Å². The zero-order valence-electron chi connectivity index (χ0n) is 7.16. The summed E-state index contributed by atoms with van der Waals surface area (Å²) in [7, 11) is 0. The third-order valence-corrected chi connectivity index (χ3v) is 3.25. The zero-order valence-corrected chi connectivity index (χ0v) is 8.79. The van der Waals surface area contributed by atoms with Gasteiger partial charge in [0.15, 0.2) is 0 Å². The van der Waals surface area contributed by atoms with Gasteiger partial charge in [0.1, 0.15) is 0 Å². The fourth-order valence-corrected chi connectivity index (χ4v) is 2.06. The first-order valence-corrected chi connectivity index (χ1v) is 6.16. The maximum absolute atomic E-state index is 8.50. The van der Waals surface area contributed by atoms with Crippen molar-refractivity contribution >= 4 is 23.5 Å². The Bertz CT molecular complexity index is 106. The van der Waals surface area contributed by atoms with Crippen LogP contribution in [0.4, 0.5) is 0 Å². The first-order chi connectivity index (χ1) is 5.81. The maximum Gasteiger partial charge on any atom is 0.0521 e. The molecule has 0 atom stereocenters. The van der Waals surface area contributed by atoms with Gasteiger partial charge in [-0.15, -0.1) is 0 Å². The molecule has 0 unspecified atom stereocenters. The van der Waals surface area contributed by atoms with Crippen molar-refractivity contribution in [1.82, 2.24) is 0 Å². The first kappa shape index (κ1) is 12.4. The summed E-state index contributed by atoms with van der Waals surface area (Å²) in [6.45, 7) is 4.37. The molecular formula is C8H16O2S2. The van der Waals surface area contributed by atoms with Gasteiger partial charge in [-0.25, -0.2) is 0 Å². The molecule has 0 aliphatic heterocycles. The second kappa shape index (κ2) is 9.45. The van der Waals surface area contributed by atoms with Crippen LogP contribution in [0.2, 0.25) is 0 Å². The molecular weight excluding hydrogens is 192 g/mol. The Morgan fingerprint density at radius 1 is 1.00 bits per heavy atom. The van der Waals surface area contributed by atoms with E-state index >= 15 is 0 Å². The molecule has 2 N–H and O–H groups in total. The fourth-order valence-electron chi connectivity index (χ4n) is 0.604. The average molecular weight is 208 g/mol. The standard InChI is InChI=1S/C8H16O2S2/c1-8(6-11-4-2-9)7-12-5-3-10/h9-10H,1-7H2. The molecule has 0 aliphatic carbocycles. The SMILES string of the molecule is C=C(CSCCO)CSCCO. The molecule has 0 aromatic carbocycles. The quantitative estimate of drug-likeness (QED) is 0.461. The Kier molecular flexibility index (Phi) is 9.73. The second-order valence-electron chi connectivity index (χ2n) is 2.30. The molecule has 12 heavy (non-hydrogen) atoms. The van der Waals surface area contributed by atoms with Crippen molar-refractivity contribution in [2.75, 3.05) is 36.2 Å². The van der Waals surface area contributed by atoms with E-state index in [-0.39, 0.29) is 13.2 Å². The summed E-state index contributed by atoms with van der Waals surface area (Å²) in [4.78, 5) is 0. The minimum Gasteiger partial charge on any atom is -0.396 e. The summed E-state index contributed by atoms with van der Waals surface area (Å²) in [6.07, 6.45) is 0. The average Bonchev–Trinajstić information content (AvgIpc) is 2.06. The van der Waals surface area contributed by atoms with E-state index in [4.69, 9.17) is 10.2 Å². The van der Waals surface area contributed by atoms with Crippen molar-refractivity contribution in [3.63, 3.8) is 0 Å². The number of thioether (sulfide) groups is 2. The summed E-state index contributed by atoms with van der Waals surface area (Å²) < 4.78 is 0. The van der Waals surface area contributed by atoms with Crippen molar-refractivity contribution in [2.24, 2.45) is 0 Å². The van der Waals surface area contributed by atoms with Crippen molar-refractivity contribution < 1.29 is 10.2 Å². The Morgan fingerprint density at radius 2 is 1.42 bits per heavy atom. The lowest BCUT2D eigenvalue weighted by molar-refractivity contribution is 0.322. The lowest BCUT2D eigenvalue weighted by atomic mass is 10.4. The van der Waals surface area contributed by atoms with Crippen LogP contribution in [0.1, 0.15) is 0 Å². The Balaban J connectivity index is 3.10.